The van der Waals surface area contributed by atoms with Crippen molar-refractivity contribution in [3.05, 3.63) is 44.7 Å². The zero-order chi connectivity index (χ0) is 12.4. The maximum Gasteiger partial charge on any atom is 0.224 e. The van der Waals surface area contributed by atoms with Crippen LogP contribution in [-0.2, 0) is 0 Å². The molecule has 0 unspecified atom stereocenters. The fourth-order valence-corrected chi connectivity index (χ4v) is 2.26. The second kappa shape index (κ2) is 5.21. The highest BCUT2D eigenvalue weighted by Gasteiger charge is 2.05. The van der Waals surface area contributed by atoms with Gasteiger partial charge in [0.1, 0.15) is 5.02 Å². The average Bonchev–Trinajstić information content (AvgIpc) is 2.22. The van der Waals surface area contributed by atoms with Gasteiger partial charge in [0, 0.05) is 10.2 Å². The molecule has 2 aromatic rings. The van der Waals surface area contributed by atoms with Gasteiger partial charge in [0.05, 0.1) is 6.20 Å². The van der Waals surface area contributed by atoms with Crippen LogP contribution in [0.1, 0.15) is 5.56 Å². The summed E-state index contributed by atoms with van der Waals surface area (Å²) in [5, 5.41) is 3.68. The summed E-state index contributed by atoms with van der Waals surface area (Å²) >= 11 is 15.1. The van der Waals surface area contributed by atoms with E-state index in [0.717, 1.165) is 15.7 Å². The molecule has 17 heavy (non-hydrogen) atoms. The molecule has 0 spiro atoms. The smallest absolute Gasteiger partial charge is 0.224 e. The Morgan fingerprint density at radius 2 is 2.00 bits per heavy atom. The van der Waals surface area contributed by atoms with E-state index in [9.17, 15) is 0 Å². The Balaban J connectivity index is 2.34. The third-order valence-electron chi connectivity index (χ3n) is 2.02. The largest absolute Gasteiger partial charge is 0.339 e. The van der Waals surface area contributed by atoms with Crippen LogP contribution in [0.25, 0.3) is 0 Å². The van der Waals surface area contributed by atoms with Crippen LogP contribution >= 0.6 is 39.1 Å². The van der Waals surface area contributed by atoms with E-state index in [1.54, 1.807) is 0 Å². The number of hydrogen-bond donors (Lipinski definition) is 1. The van der Waals surface area contributed by atoms with Gasteiger partial charge in [-0.3, -0.25) is 0 Å². The van der Waals surface area contributed by atoms with Gasteiger partial charge in [-0.15, -0.1) is 0 Å². The van der Waals surface area contributed by atoms with Gasteiger partial charge in [0.25, 0.3) is 0 Å². The third-order valence-corrected chi connectivity index (χ3v) is 2.94. The number of rotatable bonds is 2. The minimum Gasteiger partial charge on any atom is -0.339 e. The molecule has 88 valence electrons. The summed E-state index contributed by atoms with van der Waals surface area (Å²) in [5.74, 6) is 0.490. The molecule has 0 aliphatic rings. The summed E-state index contributed by atoms with van der Waals surface area (Å²) in [5.41, 5.74) is 2.01. The SMILES string of the molecule is Cc1cc(Br)cc(Nc2nc(Cl)ncc2Cl)c1. The van der Waals surface area contributed by atoms with Gasteiger partial charge in [-0.2, -0.15) is 4.98 Å². The molecule has 2 rings (SSSR count). The lowest BCUT2D eigenvalue weighted by molar-refractivity contribution is 1.17. The molecule has 1 heterocycles. The maximum absolute atomic E-state index is 5.97. The normalized spacial score (nSPS) is 10.4. The fourth-order valence-electron chi connectivity index (χ4n) is 1.38. The molecular formula is C11H8BrCl2N3. The van der Waals surface area contributed by atoms with Crippen molar-refractivity contribution < 1.29 is 0 Å². The Labute approximate surface area is 117 Å². The number of nitrogens with zero attached hydrogens (tertiary/aromatic N) is 2. The van der Waals surface area contributed by atoms with Crippen LogP contribution in [0.3, 0.4) is 0 Å². The number of anilines is 2. The standard InChI is InChI=1S/C11H8BrCl2N3/c1-6-2-7(12)4-8(3-6)16-10-9(13)5-15-11(14)17-10/h2-5H,1H3,(H,15,16,17). The Morgan fingerprint density at radius 3 is 2.71 bits per heavy atom. The molecule has 3 nitrogen and oxygen atoms in total. The first kappa shape index (κ1) is 12.6. The second-order valence-corrected chi connectivity index (χ2v) is 5.14. The van der Waals surface area contributed by atoms with E-state index in [-0.39, 0.29) is 5.28 Å². The van der Waals surface area contributed by atoms with Crippen LogP contribution in [0, 0.1) is 6.92 Å². The van der Waals surface area contributed by atoms with Crippen LogP contribution in [0.2, 0.25) is 10.3 Å². The van der Waals surface area contributed by atoms with E-state index in [0.29, 0.717) is 10.8 Å². The van der Waals surface area contributed by atoms with E-state index in [2.05, 4.69) is 31.2 Å². The number of hydrogen-bond acceptors (Lipinski definition) is 3. The number of halogens is 3. The highest BCUT2D eigenvalue weighted by molar-refractivity contribution is 9.10. The summed E-state index contributed by atoms with van der Waals surface area (Å²) in [6.07, 6.45) is 1.46. The molecule has 1 aromatic heterocycles. The van der Waals surface area contributed by atoms with Gasteiger partial charge in [-0.25, -0.2) is 4.98 Å². The van der Waals surface area contributed by atoms with E-state index in [1.165, 1.54) is 6.20 Å². The number of benzene rings is 1. The molecule has 0 bridgehead atoms. The first-order valence-corrected chi connectivity index (χ1v) is 6.32. The predicted molar refractivity (Wildman–Crippen MR) is 74.2 cm³/mol. The summed E-state index contributed by atoms with van der Waals surface area (Å²) in [7, 11) is 0. The minimum atomic E-state index is 0.156. The van der Waals surface area contributed by atoms with Gasteiger partial charge >= 0.3 is 0 Å². The molecule has 0 aliphatic heterocycles. The molecule has 0 aliphatic carbocycles. The topological polar surface area (TPSA) is 37.8 Å². The Bertz CT molecular complexity index is 540. The highest BCUT2D eigenvalue weighted by Crippen LogP contribution is 2.26. The fraction of sp³-hybridized carbons (Fsp3) is 0.0909. The third kappa shape index (κ3) is 3.31. The van der Waals surface area contributed by atoms with Crippen LogP contribution in [0.15, 0.2) is 28.9 Å². The predicted octanol–water partition coefficient (Wildman–Crippen LogP) is 4.60. The van der Waals surface area contributed by atoms with Crippen LogP contribution in [0.4, 0.5) is 11.5 Å². The quantitative estimate of drug-likeness (QED) is 0.817. The van der Waals surface area contributed by atoms with Crippen molar-refractivity contribution in [1.82, 2.24) is 9.97 Å². The van der Waals surface area contributed by atoms with Crippen molar-refractivity contribution in [2.45, 2.75) is 6.92 Å². The molecule has 0 saturated heterocycles. The van der Waals surface area contributed by atoms with Crippen LogP contribution in [-0.4, -0.2) is 9.97 Å². The first-order chi connectivity index (χ1) is 8.04. The number of aryl methyl sites for hydroxylation is 1. The molecule has 1 N–H and O–H groups in total. The van der Waals surface area contributed by atoms with Crippen LogP contribution in [0.5, 0.6) is 0 Å². The summed E-state index contributed by atoms with van der Waals surface area (Å²) < 4.78 is 0.983. The van der Waals surface area contributed by atoms with Crippen LogP contribution < -0.4 is 5.32 Å². The van der Waals surface area contributed by atoms with E-state index < -0.39 is 0 Å². The Kier molecular flexibility index (Phi) is 3.86. The van der Waals surface area contributed by atoms with Crippen molar-refractivity contribution in [3.63, 3.8) is 0 Å². The molecule has 0 atom stereocenters. The lowest BCUT2D eigenvalue weighted by Crippen LogP contribution is -1.96. The van der Waals surface area contributed by atoms with Crippen molar-refractivity contribution in [3.8, 4) is 0 Å². The number of aromatic nitrogens is 2. The minimum absolute atomic E-state index is 0.156. The zero-order valence-corrected chi connectivity index (χ0v) is 11.9. The van der Waals surface area contributed by atoms with Crippen molar-refractivity contribution in [2.75, 3.05) is 5.32 Å². The van der Waals surface area contributed by atoms with Gasteiger partial charge in [0.15, 0.2) is 5.82 Å². The monoisotopic (exact) mass is 331 g/mol. The lowest BCUT2D eigenvalue weighted by atomic mass is 10.2. The number of nitrogens with one attached hydrogen (secondary N) is 1. The first-order valence-electron chi connectivity index (χ1n) is 4.77. The summed E-state index contributed by atoms with van der Waals surface area (Å²) in [6, 6.07) is 5.93. The average molecular weight is 333 g/mol. The van der Waals surface area contributed by atoms with Crippen molar-refractivity contribution in [2.24, 2.45) is 0 Å². The highest BCUT2D eigenvalue weighted by atomic mass is 79.9. The zero-order valence-electron chi connectivity index (χ0n) is 8.84. The lowest BCUT2D eigenvalue weighted by Gasteiger charge is -2.08. The van der Waals surface area contributed by atoms with Crippen molar-refractivity contribution >= 4 is 50.6 Å². The van der Waals surface area contributed by atoms with E-state index >= 15 is 0 Å². The van der Waals surface area contributed by atoms with Gasteiger partial charge in [-0.05, 0) is 42.3 Å². The van der Waals surface area contributed by atoms with Gasteiger partial charge < -0.3 is 5.32 Å². The Morgan fingerprint density at radius 1 is 1.24 bits per heavy atom. The molecule has 0 saturated carbocycles. The van der Waals surface area contributed by atoms with Crippen molar-refractivity contribution in [1.29, 1.82) is 0 Å². The molecule has 0 radical (unpaired) electrons. The molecule has 0 fully saturated rings. The van der Waals surface area contributed by atoms with Gasteiger partial charge in [0.2, 0.25) is 5.28 Å². The Hall–Kier alpha value is -0.840. The molecule has 1 aromatic carbocycles. The van der Waals surface area contributed by atoms with E-state index in [1.807, 2.05) is 25.1 Å². The molecule has 6 heteroatoms. The summed E-state index contributed by atoms with van der Waals surface area (Å²) in [4.78, 5) is 7.81. The molecule has 0 amide bonds. The maximum atomic E-state index is 5.97. The second-order valence-electron chi connectivity index (χ2n) is 3.48. The van der Waals surface area contributed by atoms with E-state index in [4.69, 9.17) is 23.2 Å². The summed E-state index contributed by atoms with van der Waals surface area (Å²) in [6.45, 7) is 2.00. The molecular weight excluding hydrogens is 325 g/mol. The van der Waals surface area contributed by atoms with Gasteiger partial charge in [-0.1, -0.05) is 27.5 Å².